The number of primary amides is 1. The molecule has 3 aromatic carbocycles. The molecule has 36 heavy (non-hydrogen) atoms. The number of hydrogen-bond acceptors (Lipinski definition) is 5. The lowest BCUT2D eigenvalue weighted by atomic mass is 10.0. The Morgan fingerprint density at radius 2 is 1.67 bits per heavy atom. The Labute approximate surface area is 211 Å². The van der Waals surface area contributed by atoms with Crippen molar-refractivity contribution in [3.05, 3.63) is 114 Å². The number of hydrogen-bond donors (Lipinski definition) is 2. The van der Waals surface area contributed by atoms with Gasteiger partial charge in [0.25, 0.3) is 5.91 Å². The molecule has 0 aliphatic carbocycles. The van der Waals surface area contributed by atoms with Crippen LogP contribution in [0.2, 0.25) is 0 Å². The maximum atomic E-state index is 11.2. The van der Waals surface area contributed by atoms with Gasteiger partial charge in [-0.25, -0.2) is 4.98 Å². The van der Waals surface area contributed by atoms with Gasteiger partial charge in [-0.1, -0.05) is 54.6 Å². The lowest BCUT2D eigenvalue weighted by Gasteiger charge is -2.14. The minimum Gasteiger partial charge on any atom is -0.489 e. The summed E-state index contributed by atoms with van der Waals surface area (Å²) in [7, 11) is 0. The minimum absolute atomic E-state index is 0.197. The normalized spacial score (nSPS) is 11.7. The first-order valence-corrected chi connectivity index (χ1v) is 12.0. The van der Waals surface area contributed by atoms with E-state index in [4.69, 9.17) is 15.2 Å². The monoisotopic (exact) mass is 485 g/mol. The van der Waals surface area contributed by atoms with Gasteiger partial charge in [0, 0.05) is 12.7 Å². The quantitative estimate of drug-likeness (QED) is 0.290. The number of para-hydroxylation sites is 2. The van der Waals surface area contributed by atoms with Crippen LogP contribution < -0.4 is 15.2 Å². The average Bonchev–Trinajstić information content (AvgIpc) is 3.36. The molecule has 0 unspecified atom stereocenters. The van der Waals surface area contributed by atoms with E-state index in [-0.39, 0.29) is 5.69 Å². The first-order chi connectivity index (χ1) is 17.6. The number of aryl methyl sites for hydroxylation is 1. The number of benzene rings is 3. The lowest BCUT2D eigenvalue weighted by Crippen LogP contribution is -2.15. The van der Waals surface area contributed by atoms with E-state index in [1.54, 1.807) is 10.8 Å². The van der Waals surface area contributed by atoms with Crippen molar-refractivity contribution in [2.75, 3.05) is 0 Å². The molecule has 186 valence electrons. The molecule has 7 nitrogen and oxygen atoms in total. The van der Waals surface area contributed by atoms with Gasteiger partial charge in [-0.3, -0.25) is 4.79 Å². The van der Waals surface area contributed by atoms with Crippen LogP contribution in [0.15, 0.2) is 91.4 Å². The molecule has 4 rings (SSSR count). The molecule has 1 amide bonds. The van der Waals surface area contributed by atoms with Crippen molar-refractivity contribution in [3.8, 4) is 11.5 Å². The highest BCUT2D eigenvalue weighted by molar-refractivity contribution is 5.90. The maximum absolute atomic E-state index is 11.2. The third-order valence-corrected chi connectivity index (χ3v) is 5.80. The minimum atomic E-state index is -0.577. The van der Waals surface area contributed by atoms with Crippen molar-refractivity contribution in [3.63, 3.8) is 0 Å². The van der Waals surface area contributed by atoms with Crippen molar-refractivity contribution in [2.24, 2.45) is 5.73 Å². The number of imidazole rings is 1. The molecule has 7 heteroatoms. The Balaban J connectivity index is 1.26. The number of aliphatic hydroxyl groups excluding tert-OH is 1. The summed E-state index contributed by atoms with van der Waals surface area (Å²) in [6, 6.07) is 26.0. The number of ether oxygens (including phenoxy) is 2. The van der Waals surface area contributed by atoms with Gasteiger partial charge in [0.1, 0.15) is 30.4 Å². The molecule has 0 saturated heterocycles. The first-order valence-electron chi connectivity index (χ1n) is 12.0. The third kappa shape index (κ3) is 7.45. The van der Waals surface area contributed by atoms with Gasteiger partial charge in [0.15, 0.2) is 0 Å². The lowest BCUT2D eigenvalue weighted by molar-refractivity contribution is 0.0995. The smallest absolute Gasteiger partial charge is 0.268 e. The van der Waals surface area contributed by atoms with Crippen LogP contribution >= 0.6 is 0 Å². The van der Waals surface area contributed by atoms with E-state index in [2.05, 4.69) is 17.1 Å². The number of rotatable bonds is 13. The van der Waals surface area contributed by atoms with Crippen LogP contribution in [0, 0.1) is 0 Å². The summed E-state index contributed by atoms with van der Waals surface area (Å²) in [6.45, 7) is 1.32. The van der Waals surface area contributed by atoms with Gasteiger partial charge in [0.2, 0.25) is 0 Å². The molecular weight excluding hydrogens is 454 g/mol. The molecule has 0 radical (unpaired) electrons. The Morgan fingerprint density at radius 1 is 0.944 bits per heavy atom. The molecule has 0 aliphatic heterocycles. The van der Waals surface area contributed by atoms with E-state index in [1.807, 2.05) is 66.7 Å². The van der Waals surface area contributed by atoms with Crippen LogP contribution in [0.5, 0.6) is 11.5 Å². The summed E-state index contributed by atoms with van der Waals surface area (Å²) < 4.78 is 13.7. The molecule has 0 spiro atoms. The van der Waals surface area contributed by atoms with Gasteiger partial charge in [-0.15, -0.1) is 0 Å². The van der Waals surface area contributed by atoms with Gasteiger partial charge < -0.3 is 24.9 Å². The Morgan fingerprint density at radius 3 is 2.42 bits per heavy atom. The van der Waals surface area contributed by atoms with E-state index >= 15 is 0 Å². The van der Waals surface area contributed by atoms with E-state index in [1.165, 1.54) is 6.33 Å². The molecular formula is C29H31N3O4. The molecule has 1 aromatic heterocycles. The number of carbonyl (C=O) groups excluding carboxylic acids is 1. The molecule has 0 saturated carbocycles. The van der Waals surface area contributed by atoms with Crippen molar-refractivity contribution in [1.82, 2.24) is 9.55 Å². The molecule has 1 heterocycles. The number of nitrogens with two attached hydrogens (primary N) is 1. The predicted octanol–water partition coefficient (Wildman–Crippen LogP) is 4.52. The summed E-state index contributed by atoms with van der Waals surface area (Å²) in [4.78, 5) is 15.1. The zero-order valence-corrected chi connectivity index (χ0v) is 20.1. The second-order valence-electron chi connectivity index (χ2n) is 8.68. The number of carbonyl (C=O) groups is 1. The molecule has 3 N–H and O–H groups in total. The Hall–Kier alpha value is -4.10. The van der Waals surface area contributed by atoms with Crippen molar-refractivity contribution < 1.29 is 19.4 Å². The van der Waals surface area contributed by atoms with Crippen molar-refractivity contribution >= 4 is 5.91 Å². The van der Waals surface area contributed by atoms with Gasteiger partial charge in [0.05, 0.1) is 12.4 Å². The zero-order chi connectivity index (χ0) is 25.2. The summed E-state index contributed by atoms with van der Waals surface area (Å²) in [5, 5.41) is 10.4. The highest BCUT2D eigenvalue weighted by atomic mass is 16.5. The fourth-order valence-corrected chi connectivity index (χ4v) is 3.95. The highest BCUT2D eigenvalue weighted by Crippen LogP contribution is 2.22. The van der Waals surface area contributed by atoms with Crippen LogP contribution in [0.4, 0.5) is 0 Å². The molecule has 0 aliphatic rings. The van der Waals surface area contributed by atoms with Crippen LogP contribution in [0.25, 0.3) is 0 Å². The van der Waals surface area contributed by atoms with E-state index in [9.17, 15) is 9.90 Å². The zero-order valence-electron chi connectivity index (χ0n) is 20.1. The first kappa shape index (κ1) is 25.0. The number of amides is 1. The summed E-state index contributed by atoms with van der Waals surface area (Å²) >= 11 is 0. The second-order valence-corrected chi connectivity index (χ2v) is 8.68. The number of aliphatic hydroxyl groups is 1. The number of nitrogens with zero attached hydrogens (tertiary/aromatic N) is 2. The summed E-state index contributed by atoms with van der Waals surface area (Å²) in [5.74, 6) is 1.12. The van der Waals surface area contributed by atoms with Gasteiger partial charge >= 0.3 is 0 Å². The molecule has 0 fully saturated rings. The van der Waals surface area contributed by atoms with Crippen LogP contribution in [-0.2, 0) is 26.2 Å². The topological polar surface area (TPSA) is 99.6 Å². The Kier molecular flexibility index (Phi) is 8.72. The predicted molar refractivity (Wildman–Crippen MR) is 138 cm³/mol. The van der Waals surface area contributed by atoms with Gasteiger partial charge in [-0.05, 0) is 60.2 Å². The summed E-state index contributed by atoms with van der Waals surface area (Å²) in [6.07, 6.45) is 4.71. The van der Waals surface area contributed by atoms with E-state index in [0.717, 1.165) is 41.0 Å². The fourth-order valence-electron chi connectivity index (χ4n) is 3.95. The number of aromatic nitrogens is 2. The van der Waals surface area contributed by atoms with Crippen molar-refractivity contribution in [2.45, 2.75) is 45.1 Å². The molecule has 4 aromatic rings. The highest BCUT2D eigenvalue weighted by Gasteiger charge is 2.10. The Bertz CT molecular complexity index is 1260. The largest absolute Gasteiger partial charge is 0.489 e. The van der Waals surface area contributed by atoms with Crippen LogP contribution in [0.1, 0.15) is 40.0 Å². The fraction of sp³-hybridized carbons (Fsp3) is 0.241. The standard InChI is InChI=1S/C29H31N3O4/c30-29(34)27-18-32(21-31-27)17-25(33)12-7-11-24-10-4-5-15-28(24)36-20-23-9-6-8-22(16-23)19-35-26-13-2-1-3-14-26/h1-6,8-10,13-16,18,21,25,33H,7,11-12,17,19-20H2,(H2,30,34)/t25-/m0/s1. The van der Waals surface area contributed by atoms with E-state index in [0.29, 0.717) is 26.2 Å². The maximum Gasteiger partial charge on any atom is 0.268 e. The second kappa shape index (κ2) is 12.6. The van der Waals surface area contributed by atoms with Crippen LogP contribution in [0.3, 0.4) is 0 Å². The summed E-state index contributed by atoms with van der Waals surface area (Å²) in [5.41, 5.74) is 8.69. The van der Waals surface area contributed by atoms with Gasteiger partial charge in [-0.2, -0.15) is 0 Å². The molecule has 1 atom stereocenters. The average molecular weight is 486 g/mol. The van der Waals surface area contributed by atoms with Crippen molar-refractivity contribution in [1.29, 1.82) is 0 Å². The van der Waals surface area contributed by atoms with E-state index < -0.39 is 12.0 Å². The SMILES string of the molecule is NC(=O)c1cn(C[C@@H](O)CCCc2ccccc2OCc2cccc(COc3ccccc3)c2)cn1. The third-order valence-electron chi connectivity index (χ3n) is 5.80. The van der Waals surface area contributed by atoms with Crippen LogP contribution in [-0.4, -0.2) is 26.7 Å². The molecule has 0 bridgehead atoms.